The van der Waals surface area contributed by atoms with E-state index in [1.165, 1.54) is 6.92 Å². The van der Waals surface area contributed by atoms with Crippen LogP contribution < -0.4 is 0 Å². The third-order valence-electron chi connectivity index (χ3n) is 1.62. The molecule has 17 heavy (non-hydrogen) atoms. The van der Waals surface area contributed by atoms with Crippen LogP contribution in [0.2, 0.25) is 0 Å². The van der Waals surface area contributed by atoms with Gasteiger partial charge in [0.1, 0.15) is 6.67 Å². The fraction of sp³-hybridized carbons (Fsp3) is 0.700. The first-order valence-corrected chi connectivity index (χ1v) is 6.82. The van der Waals surface area contributed by atoms with Crippen LogP contribution >= 0.6 is 0 Å². The highest BCUT2D eigenvalue weighted by atomic mass is 32.2. The zero-order valence-electron chi connectivity index (χ0n) is 9.72. The van der Waals surface area contributed by atoms with Gasteiger partial charge in [0.05, 0.1) is 32.2 Å². The first kappa shape index (κ1) is 16.2. The van der Waals surface area contributed by atoms with Crippen molar-refractivity contribution in [3.63, 3.8) is 0 Å². The monoisotopic (exact) mass is 268 g/mol. The summed E-state index contributed by atoms with van der Waals surface area (Å²) in [5.41, 5.74) is 0. The van der Waals surface area contributed by atoms with Crippen LogP contribution in [-0.2, 0) is 24.1 Å². The zero-order valence-corrected chi connectivity index (χ0v) is 10.5. The van der Waals surface area contributed by atoms with E-state index in [0.29, 0.717) is 0 Å². The van der Waals surface area contributed by atoms with Crippen LogP contribution in [0.3, 0.4) is 0 Å². The number of hydrogen-bond acceptors (Lipinski definition) is 5. The largest absolute Gasteiger partial charge is 0.378 e. The number of carbonyl (C=O) groups excluding carboxylic acids is 1. The Labute approximate surface area is 101 Å². The summed E-state index contributed by atoms with van der Waals surface area (Å²) >= 11 is 0. The molecule has 0 saturated heterocycles. The van der Waals surface area contributed by atoms with Gasteiger partial charge in [-0.2, -0.15) is 0 Å². The van der Waals surface area contributed by atoms with Gasteiger partial charge in [0.15, 0.2) is 15.6 Å². The lowest BCUT2D eigenvalue weighted by Gasteiger charge is -2.03. The number of hydrogen-bond donors (Lipinski definition) is 0. The second-order valence-electron chi connectivity index (χ2n) is 3.19. The molecule has 0 fully saturated rings. The van der Waals surface area contributed by atoms with E-state index in [-0.39, 0.29) is 38.0 Å². The molecule has 0 amide bonds. The molecule has 0 aliphatic rings. The quantitative estimate of drug-likeness (QED) is 0.426. The summed E-state index contributed by atoms with van der Waals surface area (Å²) in [4.78, 5) is 10.5. The number of sulfone groups is 1. The molecular weight excluding hydrogens is 251 g/mol. The Morgan fingerprint density at radius 3 is 2.29 bits per heavy atom. The van der Waals surface area contributed by atoms with Crippen molar-refractivity contribution in [3.8, 4) is 0 Å². The normalized spacial score (nSPS) is 12.1. The Bertz CT molecular complexity index is 337. The number of halogens is 1. The van der Waals surface area contributed by atoms with Gasteiger partial charge in [-0.15, -0.1) is 0 Å². The molecule has 0 spiro atoms. The maximum absolute atomic E-state index is 11.6. The van der Waals surface area contributed by atoms with Crippen LogP contribution in [0.15, 0.2) is 11.5 Å². The highest BCUT2D eigenvalue weighted by Crippen LogP contribution is 1.94. The minimum atomic E-state index is -3.40. The highest BCUT2D eigenvalue weighted by Gasteiger charge is 2.05. The Kier molecular flexibility index (Phi) is 8.83. The molecule has 0 aliphatic carbocycles. The van der Waals surface area contributed by atoms with Crippen molar-refractivity contribution in [1.82, 2.24) is 0 Å². The first-order valence-electron chi connectivity index (χ1n) is 5.11. The smallest absolute Gasteiger partial charge is 0.173 e. The molecule has 0 aliphatic heterocycles. The summed E-state index contributed by atoms with van der Waals surface area (Å²) in [6.07, 6.45) is 1.000. The van der Waals surface area contributed by atoms with E-state index in [0.717, 1.165) is 11.5 Å². The van der Waals surface area contributed by atoms with Crippen LogP contribution in [0.1, 0.15) is 6.92 Å². The van der Waals surface area contributed by atoms with E-state index >= 15 is 0 Å². The summed E-state index contributed by atoms with van der Waals surface area (Å²) in [5.74, 6) is -0.519. The van der Waals surface area contributed by atoms with Gasteiger partial charge in [-0.25, -0.2) is 12.8 Å². The van der Waals surface area contributed by atoms with Crippen molar-refractivity contribution < 1.29 is 27.1 Å². The third-order valence-corrected chi connectivity index (χ3v) is 2.90. The van der Waals surface area contributed by atoms with Crippen LogP contribution in [0.25, 0.3) is 0 Å². The predicted octanol–water partition coefficient (Wildman–Crippen LogP) is 0.507. The molecule has 0 heterocycles. The van der Waals surface area contributed by atoms with Gasteiger partial charge in [-0.05, 0) is 13.0 Å². The van der Waals surface area contributed by atoms with Crippen LogP contribution in [0.5, 0.6) is 0 Å². The fourth-order valence-electron chi connectivity index (χ4n) is 0.819. The lowest BCUT2D eigenvalue weighted by molar-refractivity contribution is -0.112. The van der Waals surface area contributed by atoms with Crippen molar-refractivity contribution >= 4 is 15.6 Å². The number of alkyl halides is 1. The second-order valence-corrected chi connectivity index (χ2v) is 5.20. The minimum absolute atomic E-state index is 0.0169. The summed E-state index contributed by atoms with van der Waals surface area (Å²) in [6, 6.07) is 0. The molecule has 0 atom stereocenters. The Morgan fingerprint density at radius 2 is 1.76 bits per heavy atom. The minimum Gasteiger partial charge on any atom is -0.378 e. The van der Waals surface area contributed by atoms with Gasteiger partial charge in [-0.3, -0.25) is 4.79 Å². The number of allylic oxidation sites excluding steroid dienone is 1. The first-order chi connectivity index (χ1) is 7.98. The van der Waals surface area contributed by atoms with Crippen molar-refractivity contribution in [2.24, 2.45) is 0 Å². The Morgan fingerprint density at radius 1 is 1.18 bits per heavy atom. The fourth-order valence-corrected chi connectivity index (χ4v) is 1.70. The standard InChI is InChI=1S/C10H17FO5S/c1-10(12)2-8-17(13,14)9-7-16-6-5-15-4-3-11/h2,8H,3-7,9H2,1H3/b8-2+. The lowest BCUT2D eigenvalue weighted by Crippen LogP contribution is -2.13. The van der Waals surface area contributed by atoms with Gasteiger partial charge in [0.2, 0.25) is 0 Å². The highest BCUT2D eigenvalue weighted by molar-refractivity contribution is 7.94. The summed E-state index contributed by atoms with van der Waals surface area (Å²) < 4.78 is 43.9. The van der Waals surface area contributed by atoms with E-state index in [1.807, 2.05) is 0 Å². The molecule has 0 N–H and O–H groups in total. The van der Waals surface area contributed by atoms with E-state index in [2.05, 4.69) is 0 Å². The van der Waals surface area contributed by atoms with Gasteiger partial charge < -0.3 is 9.47 Å². The van der Waals surface area contributed by atoms with Crippen molar-refractivity contribution in [1.29, 1.82) is 0 Å². The summed E-state index contributed by atoms with van der Waals surface area (Å²) in [7, 11) is -3.40. The molecule has 0 aromatic rings. The average Bonchev–Trinajstić information content (AvgIpc) is 2.25. The van der Waals surface area contributed by atoms with Crippen molar-refractivity contribution in [3.05, 3.63) is 11.5 Å². The Balaban J connectivity index is 3.63. The predicted molar refractivity (Wildman–Crippen MR) is 61.2 cm³/mol. The van der Waals surface area contributed by atoms with Gasteiger partial charge in [0, 0.05) is 5.41 Å². The third kappa shape index (κ3) is 11.5. The van der Waals surface area contributed by atoms with Gasteiger partial charge in [0.25, 0.3) is 0 Å². The number of ether oxygens (including phenoxy) is 2. The SMILES string of the molecule is CC(=O)/C=C/S(=O)(=O)CCOCCOCCF. The maximum Gasteiger partial charge on any atom is 0.173 e. The molecule has 0 rings (SSSR count). The molecular formula is C10H17FO5S. The molecule has 100 valence electrons. The molecule has 0 aromatic carbocycles. The van der Waals surface area contributed by atoms with E-state index in [1.54, 1.807) is 0 Å². The van der Waals surface area contributed by atoms with Crippen molar-refractivity contribution in [2.75, 3.05) is 38.9 Å². The van der Waals surface area contributed by atoms with Crippen LogP contribution in [-0.4, -0.2) is 53.1 Å². The number of ketones is 1. The second kappa shape index (κ2) is 9.26. The van der Waals surface area contributed by atoms with Crippen LogP contribution in [0, 0.1) is 0 Å². The van der Waals surface area contributed by atoms with Crippen LogP contribution in [0.4, 0.5) is 4.39 Å². The molecule has 7 heteroatoms. The van der Waals surface area contributed by atoms with Gasteiger partial charge in [-0.1, -0.05) is 0 Å². The van der Waals surface area contributed by atoms with E-state index in [9.17, 15) is 17.6 Å². The van der Waals surface area contributed by atoms with E-state index < -0.39 is 16.5 Å². The summed E-state index contributed by atoms with van der Waals surface area (Å²) in [5, 5.41) is 0.873. The van der Waals surface area contributed by atoms with Crippen molar-refractivity contribution in [2.45, 2.75) is 6.92 Å². The number of carbonyl (C=O) groups is 1. The number of rotatable bonds is 10. The molecule has 0 saturated carbocycles. The Hall–Kier alpha value is -0.790. The molecule has 0 unspecified atom stereocenters. The molecule has 0 bridgehead atoms. The lowest BCUT2D eigenvalue weighted by atomic mass is 10.5. The van der Waals surface area contributed by atoms with Gasteiger partial charge >= 0.3 is 0 Å². The average molecular weight is 268 g/mol. The molecule has 0 radical (unpaired) electrons. The maximum atomic E-state index is 11.6. The topological polar surface area (TPSA) is 69.7 Å². The van der Waals surface area contributed by atoms with E-state index in [4.69, 9.17) is 9.47 Å². The molecule has 0 aromatic heterocycles. The zero-order chi connectivity index (χ0) is 13.1. The molecule has 5 nitrogen and oxygen atoms in total. The summed E-state index contributed by atoms with van der Waals surface area (Å²) in [6.45, 7) is 1.20.